The monoisotopic (exact) mass is 354 g/mol. The van der Waals surface area contributed by atoms with E-state index >= 15 is 0 Å². The molecule has 0 spiro atoms. The van der Waals surface area contributed by atoms with Gasteiger partial charge in [0.15, 0.2) is 0 Å². The van der Waals surface area contributed by atoms with Crippen LogP contribution in [-0.2, 0) is 0 Å². The van der Waals surface area contributed by atoms with E-state index in [0.29, 0.717) is 22.6 Å². The summed E-state index contributed by atoms with van der Waals surface area (Å²) in [5, 5.41) is 13.0. The van der Waals surface area contributed by atoms with Crippen LogP contribution in [0.4, 0.5) is 14.6 Å². The average molecular weight is 354 g/mol. The van der Waals surface area contributed by atoms with E-state index < -0.39 is 11.6 Å². The zero-order valence-corrected chi connectivity index (χ0v) is 14.6. The van der Waals surface area contributed by atoms with Gasteiger partial charge in [-0.3, -0.25) is 0 Å². The largest absolute Gasteiger partial charge is 0.508 e. The Morgan fingerprint density at radius 3 is 2.58 bits per heavy atom. The molecule has 26 heavy (non-hydrogen) atoms. The molecule has 0 aliphatic rings. The van der Waals surface area contributed by atoms with Gasteiger partial charge in [0, 0.05) is 17.2 Å². The Kier molecular flexibility index (Phi) is 5.16. The van der Waals surface area contributed by atoms with Crippen molar-refractivity contribution in [2.45, 2.75) is 26.3 Å². The summed E-state index contributed by atoms with van der Waals surface area (Å²) in [5.74, 6) is -0.329. The van der Waals surface area contributed by atoms with Crippen molar-refractivity contribution in [3.05, 3.63) is 66.2 Å². The topological polar surface area (TPSA) is 45.1 Å². The molecule has 0 fully saturated rings. The van der Waals surface area contributed by atoms with Gasteiger partial charge in [0.25, 0.3) is 0 Å². The summed E-state index contributed by atoms with van der Waals surface area (Å²) < 4.78 is 27.9. The number of phenolic OH excluding ortho intramolecular Hbond substituents is 1. The number of halogens is 2. The molecule has 0 bridgehead atoms. The Bertz CT molecular complexity index is 928. The lowest BCUT2D eigenvalue weighted by Gasteiger charge is -2.15. The van der Waals surface area contributed by atoms with Crippen LogP contribution in [0.2, 0.25) is 0 Å². The molecule has 134 valence electrons. The molecule has 0 saturated carbocycles. The summed E-state index contributed by atoms with van der Waals surface area (Å²) in [6.45, 7) is 4.06. The maximum absolute atomic E-state index is 14.3. The van der Waals surface area contributed by atoms with Gasteiger partial charge >= 0.3 is 0 Å². The van der Waals surface area contributed by atoms with Crippen LogP contribution >= 0.6 is 0 Å². The minimum absolute atomic E-state index is 0.114. The lowest BCUT2D eigenvalue weighted by atomic mass is 10.0. The molecule has 1 aromatic heterocycles. The van der Waals surface area contributed by atoms with Crippen LogP contribution in [0.5, 0.6) is 5.75 Å². The number of aromatic nitrogens is 1. The highest BCUT2D eigenvalue weighted by Crippen LogP contribution is 2.31. The summed E-state index contributed by atoms with van der Waals surface area (Å²) in [6.07, 6.45) is 0.891. The SMILES string of the molecule is CCC(C)Nc1cc(-c2cc(F)ccc2F)cc(-c2cccc(O)c2)n1. The van der Waals surface area contributed by atoms with E-state index in [9.17, 15) is 13.9 Å². The van der Waals surface area contributed by atoms with Gasteiger partial charge in [-0.15, -0.1) is 0 Å². The Morgan fingerprint density at radius 2 is 1.85 bits per heavy atom. The number of nitrogens with zero attached hydrogens (tertiary/aromatic N) is 1. The first kappa shape index (κ1) is 17.9. The Morgan fingerprint density at radius 1 is 1.04 bits per heavy atom. The molecular formula is C21H20F2N2O. The minimum Gasteiger partial charge on any atom is -0.508 e. The molecule has 3 aromatic rings. The van der Waals surface area contributed by atoms with Gasteiger partial charge in [0.05, 0.1) is 5.69 Å². The second-order valence-corrected chi connectivity index (χ2v) is 6.25. The Balaban J connectivity index is 2.15. The third-order valence-corrected chi connectivity index (χ3v) is 4.21. The molecule has 5 heteroatoms. The number of anilines is 1. The van der Waals surface area contributed by atoms with Crippen molar-refractivity contribution < 1.29 is 13.9 Å². The van der Waals surface area contributed by atoms with Crippen molar-refractivity contribution in [1.29, 1.82) is 0 Å². The van der Waals surface area contributed by atoms with Crippen molar-refractivity contribution in [2.75, 3.05) is 5.32 Å². The molecular weight excluding hydrogens is 334 g/mol. The lowest BCUT2D eigenvalue weighted by Crippen LogP contribution is -2.14. The number of phenols is 1. The normalized spacial score (nSPS) is 12.0. The molecule has 0 radical (unpaired) electrons. The molecule has 1 atom stereocenters. The van der Waals surface area contributed by atoms with Gasteiger partial charge in [-0.25, -0.2) is 13.8 Å². The smallest absolute Gasteiger partial charge is 0.131 e. The van der Waals surface area contributed by atoms with Crippen molar-refractivity contribution in [1.82, 2.24) is 4.98 Å². The van der Waals surface area contributed by atoms with E-state index in [2.05, 4.69) is 10.3 Å². The van der Waals surface area contributed by atoms with Gasteiger partial charge in [0.1, 0.15) is 23.2 Å². The van der Waals surface area contributed by atoms with Crippen LogP contribution in [-0.4, -0.2) is 16.1 Å². The number of pyridine rings is 1. The standard InChI is InChI=1S/C21H20F2N2O/c1-3-13(2)24-21-11-15(18-12-16(22)7-8-19(18)23)10-20(25-21)14-5-4-6-17(26)9-14/h4-13,26H,3H2,1-2H3,(H,24,25). The summed E-state index contributed by atoms with van der Waals surface area (Å²) in [6, 6.07) is 13.6. The van der Waals surface area contributed by atoms with Gasteiger partial charge in [-0.05, 0) is 61.4 Å². The molecule has 2 N–H and O–H groups in total. The fraction of sp³-hybridized carbons (Fsp3) is 0.190. The zero-order chi connectivity index (χ0) is 18.7. The summed E-state index contributed by atoms with van der Waals surface area (Å²) in [4.78, 5) is 4.57. The van der Waals surface area contributed by atoms with Crippen LogP contribution < -0.4 is 5.32 Å². The van der Waals surface area contributed by atoms with E-state index in [1.54, 1.807) is 36.4 Å². The highest BCUT2D eigenvalue weighted by Gasteiger charge is 2.12. The van der Waals surface area contributed by atoms with E-state index in [0.717, 1.165) is 18.6 Å². The van der Waals surface area contributed by atoms with Gasteiger partial charge < -0.3 is 10.4 Å². The van der Waals surface area contributed by atoms with Crippen LogP contribution in [0.1, 0.15) is 20.3 Å². The quantitative estimate of drug-likeness (QED) is 0.626. The molecule has 2 aromatic carbocycles. The molecule has 3 nitrogen and oxygen atoms in total. The minimum atomic E-state index is -0.506. The number of aromatic hydroxyl groups is 1. The summed E-state index contributed by atoms with van der Waals surface area (Å²) in [7, 11) is 0. The predicted molar refractivity (Wildman–Crippen MR) is 100 cm³/mol. The lowest BCUT2D eigenvalue weighted by molar-refractivity contribution is 0.475. The first-order valence-corrected chi connectivity index (χ1v) is 8.49. The summed E-state index contributed by atoms with van der Waals surface area (Å²) in [5.41, 5.74) is 1.94. The number of benzene rings is 2. The molecule has 0 aliphatic heterocycles. The van der Waals surface area contributed by atoms with E-state index in [1.807, 2.05) is 13.8 Å². The second kappa shape index (κ2) is 7.52. The number of nitrogens with one attached hydrogen (secondary N) is 1. The van der Waals surface area contributed by atoms with Gasteiger partial charge in [0.2, 0.25) is 0 Å². The van der Waals surface area contributed by atoms with Gasteiger partial charge in [-0.2, -0.15) is 0 Å². The molecule has 0 amide bonds. The first-order valence-electron chi connectivity index (χ1n) is 8.49. The van der Waals surface area contributed by atoms with Crippen molar-refractivity contribution in [3.63, 3.8) is 0 Å². The number of rotatable bonds is 5. The molecule has 0 saturated heterocycles. The fourth-order valence-electron chi connectivity index (χ4n) is 2.65. The molecule has 1 unspecified atom stereocenters. The second-order valence-electron chi connectivity index (χ2n) is 6.25. The van der Waals surface area contributed by atoms with Crippen molar-refractivity contribution in [2.24, 2.45) is 0 Å². The fourth-order valence-corrected chi connectivity index (χ4v) is 2.65. The van der Waals surface area contributed by atoms with E-state index in [4.69, 9.17) is 0 Å². The molecule has 0 aliphatic carbocycles. The maximum atomic E-state index is 14.3. The van der Waals surface area contributed by atoms with Crippen LogP contribution in [0, 0.1) is 11.6 Å². The number of hydrogen-bond donors (Lipinski definition) is 2. The molecule has 1 heterocycles. The van der Waals surface area contributed by atoms with E-state index in [1.165, 1.54) is 6.07 Å². The van der Waals surface area contributed by atoms with Crippen molar-refractivity contribution in [3.8, 4) is 28.1 Å². The number of hydrogen-bond acceptors (Lipinski definition) is 3. The van der Waals surface area contributed by atoms with Crippen LogP contribution in [0.15, 0.2) is 54.6 Å². The van der Waals surface area contributed by atoms with Crippen LogP contribution in [0.25, 0.3) is 22.4 Å². The van der Waals surface area contributed by atoms with Gasteiger partial charge in [-0.1, -0.05) is 19.1 Å². The Labute approximate surface area is 151 Å². The third kappa shape index (κ3) is 3.99. The third-order valence-electron chi connectivity index (χ3n) is 4.21. The first-order chi connectivity index (χ1) is 12.5. The Hall–Kier alpha value is -2.95. The van der Waals surface area contributed by atoms with Crippen LogP contribution in [0.3, 0.4) is 0 Å². The molecule has 3 rings (SSSR count). The highest BCUT2D eigenvalue weighted by atomic mass is 19.1. The maximum Gasteiger partial charge on any atom is 0.131 e. The predicted octanol–water partition coefficient (Wildman–Crippen LogP) is 5.61. The zero-order valence-electron chi connectivity index (χ0n) is 14.6. The van der Waals surface area contributed by atoms with Crippen molar-refractivity contribution >= 4 is 5.82 Å². The highest BCUT2D eigenvalue weighted by molar-refractivity contribution is 5.74. The van der Waals surface area contributed by atoms with E-state index in [-0.39, 0.29) is 17.4 Å². The average Bonchev–Trinajstić information content (AvgIpc) is 2.63. The summed E-state index contributed by atoms with van der Waals surface area (Å²) >= 11 is 0.